The van der Waals surface area contributed by atoms with Crippen LogP contribution in [0.1, 0.15) is 30.1 Å². The Labute approximate surface area is 108 Å². The second-order valence-corrected chi connectivity index (χ2v) is 4.59. The van der Waals surface area contributed by atoms with Crippen molar-refractivity contribution >= 4 is 21.8 Å². The summed E-state index contributed by atoms with van der Waals surface area (Å²) in [5, 5.41) is 12.0. The molecule has 0 spiro atoms. The van der Waals surface area contributed by atoms with Crippen molar-refractivity contribution in [3.63, 3.8) is 0 Å². The van der Waals surface area contributed by atoms with Gasteiger partial charge >= 0.3 is 0 Å². The number of aliphatic hydroxyl groups excluding tert-OH is 1. The minimum atomic E-state index is -0.452. The van der Waals surface area contributed by atoms with Gasteiger partial charge in [0.25, 0.3) is 5.91 Å². The molecule has 0 aliphatic carbocycles. The van der Waals surface area contributed by atoms with Crippen LogP contribution in [0.15, 0.2) is 22.7 Å². The average molecular weight is 304 g/mol. The SMILES string of the molecule is CCC(O)CCNC(=O)c1cc(F)ccc1Br. The van der Waals surface area contributed by atoms with Gasteiger partial charge in [-0.1, -0.05) is 6.92 Å². The van der Waals surface area contributed by atoms with Crippen LogP contribution in [0, 0.1) is 5.82 Å². The Morgan fingerprint density at radius 1 is 1.59 bits per heavy atom. The molecule has 0 saturated heterocycles. The van der Waals surface area contributed by atoms with Gasteiger partial charge < -0.3 is 10.4 Å². The average Bonchev–Trinajstić information content (AvgIpc) is 2.31. The third-order valence-corrected chi connectivity index (χ3v) is 3.10. The van der Waals surface area contributed by atoms with Crippen LogP contribution in [-0.4, -0.2) is 23.7 Å². The fourth-order valence-corrected chi connectivity index (χ4v) is 1.75. The van der Waals surface area contributed by atoms with E-state index in [1.54, 1.807) is 0 Å². The van der Waals surface area contributed by atoms with E-state index < -0.39 is 11.9 Å². The second-order valence-electron chi connectivity index (χ2n) is 3.73. The van der Waals surface area contributed by atoms with E-state index in [4.69, 9.17) is 0 Å². The maximum absolute atomic E-state index is 13.0. The lowest BCUT2D eigenvalue weighted by Crippen LogP contribution is -2.27. The molecule has 1 aromatic carbocycles. The second kappa shape index (κ2) is 6.71. The molecule has 17 heavy (non-hydrogen) atoms. The predicted octanol–water partition coefficient (Wildman–Crippen LogP) is 2.48. The Morgan fingerprint density at radius 3 is 2.94 bits per heavy atom. The van der Waals surface area contributed by atoms with Crippen molar-refractivity contribution in [1.82, 2.24) is 5.32 Å². The van der Waals surface area contributed by atoms with Crippen LogP contribution in [0.3, 0.4) is 0 Å². The zero-order chi connectivity index (χ0) is 12.8. The molecule has 1 amide bonds. The molecule has 1 unspecified atom stereocenters. The maximum Gasteiger partial charge on any atom is 0.252 e. The Bertz CT molecular complexity index is 398. The molecule has 0 radical (unpaired) electrons. The first-order valence-electron chi connectivity index (χ1n) is 5.46. The van der Waals surface area contributed by atoms with Crippen molar-refractivity contribution in [3.8, 4) is 0 Å². The van der Waals surface area contributed by atoms with Crippen molar-refractivity contribution in [2.24, 2.45) is 0 Å². The van der Waals surface area contributed by atoms with Gasteiger partial charge in [-0.05, 0) is 47.0 Å². The Morgan fingerprint density at radius 2 is 2.29 bits per heavy atom. The van der Waals surface area contributed by atoms with Gasteiger partial charge in [-0.2, -0.15) is 0 Å². The fourth-order valence-electron chi connectivity index (χ4n) is 1.32. The van der Waals surface area contributed by atoms with Gasteiger partial charge in [-0.25, -0.2) is 4.39 Å². The molecular weight excluding hydrogens is 289 g/mol. The molecule has 0 saturated carbocycles. The summed E-state index contributed by atoms with van der Waals surface area (Å²) in [6, 6.07) is 3.95. The lowest BCUT2D eigenvalue weighted by Gasteiger charge is -2.09. The molecule has 5 heteroatoms. The van der Waals surface area contributed by atoms with Crippen LogP contribution >= 0.6 is 15.9 Å². The summed E-state index contributed by atoms with van der Waals surface area (Å²) in [5.41, 5.74) is 0.260. The van der Waals surface area contributed by atoms with E-state index in [0.717, 1.165) is 0 Å². The summed E-state index contributed by atoms with van der Waals surface area (Å²) in [5.74, 6) is -0.799. The van der Waals surface area contributed by atoms with Crippen molar-refractivity contribution in [3.05, 3.63) is 34.1 Å². The summed E-state index contributed by atoms with van der Waals surface area (Å²) in [7, 11) is 0. The molecule has 3 nitrogen and oxygen atoms in total. The van der Waals surface area contributed by atoms with Gasteiger partial charge in [0.05, 0.1) is 11.7 Å². The molecule has 94 valence electrons. The molecule has 1 rings (SSSR count). The number of halogens is 2. The van der Waals surface area contributed by atoms with E-state index in [2.05, 4.69) is 21.2 Å². The van der Waals surface area contributed by atoms with Gasteiger partial charge in [-0.3, -0.25) is 4.79 Å². The van der Waals surface area contributed by atoms with Crippen LogP contribution in [0.2, 0.25) is 0 Å². The van der Waals surface area contributed by atoms with Gasteiger partial charge in [0, 0.05) is 11.0 Å². The Hall–Kier alpha value is -0.940. The number of carbonyl (C=O) groups excluding carboxylic acids is 1. The normalized spacial score (nSPS) is 12.2. The summed E-state index contributed by atoms with van der Waals surface area (Å²) in [6.07, 6.45) is 0.737. The fraction of sp³-hybridized carbons (Fsp3) is 0.417. The van der Waals surface area contributed by atoms with Crippen LogP contribution < -0.4 is 5.32 Å². The zero-order valence-electron chi connectivity index (χ0n) is 9.54. The number of benzene rings is 1. The first kappa shape index (κ1) is 14.1. The number of aliphatic hydroxyl groups is 1. The summed E-state index contributed by atoms with van der Waals surface area (Å²) >= 11 is 3.19. The van der Waals surface area contributed by atoms with E-state index >= 15 is 0 Å². The van der Waals surface area contributed by atoms with Gasteiger partial charge in [0.1, 0.15) is 5.82 Å². The lowest BCUT2D eigenvalue weighted by atomic mass is 10.2. The quantitative estimate of drug-likeness (QED) is 0.878. The number of amides is 1. The highest BCUT2D eigenvalue weighted by molar-refractivity contribution is 9.10. The van der Waals surface area contributed by atoms with E-state index in [0.29, 0.717) is 23.9 Å². The molecule has 1 atom stereocenters. The number of hydrogen-bond acceptors (Lipinski definition) is 2. The number of nitrogens with one attached hydrogen (secondary N) is 1. The van der Waals surface area contributed by atoms with E-state index in [1.165, 1.54) is 18.2 Å². The molecule has 1 aromatic rings. The Kier molecular flexibility index (Phi) is 5.58. The molecule has 0 bridgehead atoms. The molecule has 0 heterocycles. The van der Waals surface area contributed by atoms with E-state index in [9.17, 15) is 14.3 Å². The molecular formula is C12H15BrFNO2. The minimum Gasteiger partial charge on any atom is -0.393 e. The van der Waals surface area contributed by atoms with Crippen LogP contribution in [0.25, 0.3) is 0 Å². The molecule has 0 aliphatic rings. The van der Waals surface area contributed by atoms with Gasteiger partial charge in [0.2, 0.25) is 0 Å². The monoisotopic (exact) mass is 303 g/mol. The predicted molar refractivity (Wildman–Crippen MR) is 67.3 cm³/mol. The van der Waals surface area contributed by atoms with Crippen molar-refractivity contribution < 1.29 is 14.3 Å². The molecule has 0 aliphatic heterocycles. The summed E-state index contributed by atoms with van der Waals surface area (Å²) < 4.78 is 13.5. The maximum atomic E-state index is 13.0. The third-order valence-electron chi connectivity index (χ3n) is 2.41. The number of rotatable bonds is 5. The smallest absolute Gasteiger partial charge is 0.252 e. The van der Waals surface area contributed by atoms with Crippen LogP contribution in [-0.2, 0) is 0 Å². The highest BCUT2D eigenvalue weighted by Gasteiger charge is 2.11. The summed E-state index contributed by atoms with van der Waals surface area (Å²) in [6.45, 7) is 2.24. The third kappa shape index (κ3) is 4.44. The molecule has 0 aromatic heterocycles. The first-order valence-corrected chi connectivity index (χ1v) is 6.25. The standard InChI is InChI=1S/C12H15BrFNO2/c1-2-9(16)5-6-15-12(17)10-7-8(14)3-4-11(10)13/h3-4,7,9,16H,2,5-6H2,1H3,(H,15,17). The molecule has 0 fully saturated rings. The first-order chi connectivity index (χ1) is 8.04. The topological polar surface area (TPSA) is 49.3 Å². The number of hydrogen-bond donors (Lipinski definition) is 2. The number of carbonyl (C=O) groups is 1. The van der Waals surface area contributed by atoms with Gasteiger partial charge in [-0.15, -0.1) is 0 Å². The van der Waals surface area contributed by atoms with Crippen LogP contribution in [0.4, 0.5) is 4.39 Å². The summed E-state index contributed by atoms with van der Waals surface area (Å²) in [4.78, 5) is 11.7. The van der Waals surface area contributed by atoms with Crippen LogP contribution in [0.5, 0.6) is 0 Å². The largest absolute Gasteiger partial charge is 0.393 e. The minimum absolute atomic E-state index is 0.260. The Balaban J connectivity index is 2.55. The van der Waals surface area contributed by atoms with Crippen molar-refractivity contribution in [2.75, 3.05) is 6.54 Å². The zero-order valence-corrected chi connectivity index (χ0v) is 11.1. The molecule has 2 N–H and O–H groups in total. The van der Waals surface area contributed by atoms with Gasteiger partial charge in [0.15, 0.2) is 0 Å². The van der Waals surface area contributed by atoms with Crippen molar-refractivity contribution in [2.45, 2.75) is 25.9 Å². The van der Waals surface area contributed by atoms with Crippen molar-refractivity contribution in [1.29, 1.82) is 0 Å². The highest BCUT2D eigenvalue weighted by atomic mass is 79.9. The van der Waals surface area contributed by atoms with E-state index in [-0.39, 0.29) is 11.5 Å². The van der Waals surface area contributed by atoms with E-state index in [1.807, 2.05) is 6.92 Å². The lowest BCUT2D eigenvalue weighted by molar-refractivity contribution is 0.0940. The highest BCUT2D eigenvalue weighted by Crippen LogP contribution is 2.17.